The van der Waals surface area contributed by atoms with Gasteiger partial charge in [-0.15, -0.1) is 0 Å². The number of nitrogens with one attached hydrogen (secondary N) is 1. The number of urea groups is 1. The van der Waals surface area contributed by atoms with E-state index in [9.17, 15) is 22.8 Å². The van der Waals surface area contributed by atoms with Crippen LogP contribution in [0.1, 0.15) is 16.7 Å². The van der Waals surface area contributed by atoms with Gasteiger partial charge in [-0.3, -0.25) is 14.9 Å². The molecule has 0 unspecified atom stereocenters. The van der Waals surface area contributed by atoms with Gasteiger partial charge in [-0.05, 0) is 66.6 Å². The Bertz CT molecular complexity index is 1760. The number of barbiturate groups is 1. The van der Waals surface area contributed by atoms with Gasteiger partial charge in [0.05, 0.1) is 5.69 Å². The average molecular weight is 527 g/mol. The topological polar surface area (TPSA) is 110 Å². The van der Waals surface area contributed by atoms with Crippen molar-refractivity contribution in [2.45, 2.75) is 18.7 Å². The van der Waals surface area contributed by atoms with E-state index in [2.05, 4.69) is 5.32 Å². The molecule has 5 rings (SSSR count). The summed E-state index contributed by atoms with van der Waals surface area (Å²) in [5, 5.41) is 3.48. The van der Waals surface area contributed by atoms with Crippen LogP contribution in [0.3, 0.4) is 0 Å². The Balaban J connectivity index is 1.64. The summed E-state index contributed by atoms with van der Waals surface area (Å²) in [6.07, 6.45) is 1.26. The monoisotopic (exact) mass is 526 g/mol. The lowest BCUT2D eigenvalue weighted by Crippen LogP contribution is -2.54. The second-order valence-electron chi connectivity index (χ2n) is 8.85. The van der Waals surface area contributed by atoms with Gasteiger partial charge in [0.2, 0.25) is 0 Å². The van der Waals surface area contributed by atoms with Crippen LogP contribution in [0.4, 0.5) is 10.5 Å². The van der Waals surface area contributed by atoms with Crippen LogP contribution in [0.2, 0.25) is 0 Å². The van der Waals surface area contributed by atoms with Crippen molar-refractivity contribution in [2.75, 3.05) is 4.90 Å². The third-order valence-electron chi connectivity index (χ3n) is 6.09. The Morgan fingerprint density at radius 1 is 0.816 bits per heavy atom. The maximum absolute atomic E-state index is 13.5. The van der Waals surface area contributed by atoms with Crippen LogP contribution < -0.4 is 14.4 Å². The Morgan fingerprint density at radius 3 is 2.29 bits per heavy atom. The summed E-state index contributed by atoms with van der Waals surface area (Å²) < 4.78 is 31.7. The molecule has 38 heavy (non-hydrogen) atoms. The van der Waals surface area contributed by atoms with Crippen LogP contribution in [0.15, 0.2) is 95.4 Å². The molecule has 0 spiro atoms. The Hall–Kier alpha value is -4.76. The normalized spacial score (nSPS) is 15.2. The fraction of sp³-hybridized carbons (Fsp3) is 0.0690. The van der Waals surface area contributed by atoms with Gasteiger partial charge < -0.3 is 4.18 Å². The van der Waals surface area contributed by atoms with E-state index in [0.717, 1.165) is 21.4 Å². The van der Waals surface area contributed by atoms with Gasteiger partial charge in [0.1, 0.15) is 10.5 Å². The highest BCUT2D eigenvalue weighted by atomic mass is 32.2. The molecule has 0 aromatic heterocycles. The second kappa shape index (κ2) is 9.60. The maximum Gasteiger partial charge on any atom is 0.339 e. The predicted molar refractivity (Wildman–Crippen MR) is 143 cm³/mol. The second-order valence-corrected chi connectivity index (χ2v) is 10.4. The third kappa shape index (κ3) is 4.67. The molecule has 0 bridgehead atoms. The number of carbonyl (C=O) groups excluding carboxylic acids is 3. The first kappa shape index (κ1) is 24.9. The molecule has 4 amide bonds. The highest BCUT2D eigenvalue weighted by Gasteiger charge is 2.37. The number of hydrogen-bond donors (Lipinski definition) is 1. The van der Waals surface area contributed by atoms with Crippen molar-refractivity contribution in [1.29, 1.82) is 0 Å². The van der Waals surface area contributed by atoms with E-state index in [1.54, 1.807) is 60.7 Å². The van der Waals surface area contributed by atoms with Crippen molar-refractivity contribution in [3.8, 4) is 5.75 Å². The first-order valence-electron chi connectivity index (χ1n) is 11.6. The zero-order chi connectivity index (χ0) is 27.0. The molecule has 9 heteroatoms. The lowest BCUT2D eigenvalue weighted by Gasteiger charge is -2.26. The molecule has 1 N–H and O–H groups in total. The molecule has 0 radical (unpaired) electrons. The summed E-state index contributed by atoms with van der Waals surface area (Å²) in [7, 11) is -4.24. The van der Waals surface area contributed by atoms with E-state index in [4.69, 9.17) is 4.18 Å². The minimum absolute atomic E-state index is 0.0439. The number of hydrogen-bond acceptors (Lipinski definition) is 6. The zero-order valence-corrected chi connectivity index (χ0v) is 21.3. The van der Waals surface area contributed by atoms with Gasteiger partial charge in [-0.25, -0.2) is 9.69 Å². The first-order chi connectivity index (χ1) is 18.1. The molecule has 1 fully saturated rings. The van der Waals surface area contributed by atoms with Crippen molar-refractivity contribution >= 4 is 50.5 Å². The van der Waals surface area contributed by atoms with Crippen LogP contribution in [0, 0.1) is 13.8 Å². The van der Waals surface area contributed by atoms with Gasteiger partial charge in [-0.1, -0.05) is 60.2 Å². The number of imide groups is 2. The molecule has 4 aromatic carbocycles. The Morgan fingerprint density at radius 2 is 1.55 bits per heavy atom. The van der Waals surface area contributed by atoms with E-state index in [0.29, 0.717) is 11.1 Å². The third-order valence-corrected chi connectivity index (χ3v) is 7.34. The van der Waals surface area contributed by atoms with E-state index in [-0.39, 0.29) is 21.8 Å². The fourth-order valence-electron chi connectivity index (χ4n) is 4.17. The van der Waals surface area contributed by atoms with Crippen molar-refractivity contribution < 1.29 is 27.0 Å². The molecule has 0 saturated carbocycles. The fourth-order valence-corrected chi connectivity index (χ4v) is 5.12. The van der Waals surface area contributed by atoms with Crippen LogP contribution in [0.5, 0.6) is 5.75 Å². The largest absolute Gasteiger partial charge is 0.378 e. The van der Waals surface area contributed by atoms with Gasteiger partial charge in [0.25, 0.3) is 11.8 Å². The van der Waals surface area contributed by atoms with Crippen molar-refractivity contribution in [1.82, 2.24) is 5.32 Å². The SMILES string of the molecule is Cc1ccc(S(=O)(=O)Oc2ccc3ccccc3c2/C=C2\C(=O)NC(=O)N(c3cccc(C)c3)C2=O)cc1. The highest BCUT2D eigenvalue weighted by molar-refractivity contribution is 7.87. The van der Waals surface area contributed by atoms with Crippen LogP contribution in [0.25, 0.3) is 16.8 Å². The molecular weight excluding hydrogens is 504 g/mol. The number of anilines is 1. The zero-order valence-electron chi connectivity index (χ0n) is 20.5. The Kier molecular flexibility index (Phi) is 6.30. The lowest BCUT2D eigenvalue weighted by atomic mass is 9.99. The van der Waals surface area contributed by atoms with Gasteiger partial charge in [0, 0.05) is 5.56 Å². The molecule has 0 aliphatic carbocycles. The number of carbonyl (C=O) groups is 3. The quantitative estimate of drug-likeness (QED) is 0.225. The minimum atomic E-state index is -4.24. The van der Waals surface area contributed by atoms with Crippen LogP contribution in [-0.2, 0) is 19.7 Å². The molecular formula is C29H22N2O6S. The number of nitrogens with zero attached hydrogens (tertiary/aromatic N) is 1. The molecule has 1 saturated heterocycles. The summed E-state index contributed by atoms with van der Waals surface area (Å²) in [6, 6.07) is 22.3. The van der Waals surface area contributed by atoms with E-state index in [1.165, 1.54) is 24.3 Å². The number of fused-ring (bicyclic) bond motifs is 1. The standard InChI is InChI=1S/C29H22N2O6S/c1-18-10-13-22(14-11-18)38(35,36)37-26-15-12-20-7-3-4-9-23(20)24(26)17-25-27(32)30-29(34)31(28(25)33)21-8-5-6-19(2)16-21/h3-17H,1-2H3,(H,30,32,34)/b25-17+. The van der Waals surface area contributed by atoms with E-state index >= 15 is 0 Å². The summed E-state index contributed by atoms with van der Waals surface area (Å²) in [6.45, 7) is 3.65. The van der Waals surface area contributed by atoms with Gasteiger partial charge in [0.15, 0.2) is 5.75 Å². The average Bonchev–Trinajstić information content (AvgIpc) is 2.87. The highest BCUT2D eigenvalue weighted by Crippen LogP contribution is 2.33. The summed E-state index contributed by atoms with van der Waals surface area (Å²) in [4.78, 5) is 39.7. The molecule has 190 valence electrons. The molecule has 8 nitrogen and oxygen atoms in total. The van der Waals surface area contributed by atoms with Crippen molar-refractivity contribution in [2.24, 2.45) is 0 Å². The Labute approximate surface area is 219 Å². The molecule has 4 aromatic rings. The maximum atomic E-state index is 13.5. The van der Waals surface area contributed by atoms with Crippen molar-refractivity contribution in [3.05, 3.63) is 107 Å². The van der Waals surface area contributed by atoms with Crippen LogP contribution >= 0.6 is 0 Å². The predicted octanol–water partition coefficient (Wildman–Crippen LogP) is 4.89. The molecule has 1 aliphatic rings. The summed E-state index contributed by atoms with van der Waals surface area (Å²) in [5.74, 6) is -1.81. The smallest absolute Gasteiger partial charge is 0.339 e. The lowest BCUT2D eigenvalue weighted by molar-refractivity contribution is -0.122. The molecule has 1 heterocycles. The van der Waals surface area contributed by atoms with E-state index < -0.39 is 28.0 Å². The number of benzene rings is 4. The van der Waals surface area contributed by atoms with E-state index in [1.807, 2.05) is 19.9 Å². The molecule has 0 atom stereocenters. The minimum Gasteiger partial charge on any atom is -0.378 e. The first-order valence-corrected chi connectivity index (χ1v) is 13.1. The summed E-state index contributed by atoms with van der Waals surface area (Å²) in [5.41, 5.74) is 1.85. The number of amides is 4. The van der Waals surface area contributed by atoms with Gasteiger partial charge in [-0.2, -0.15) is 8.42 Å². The van der Waals surface area contributed by atoms with Gasteiger partial charge >= 0.3 is 16.1 Å². The number of rotatable bonds is 5. The van der Waals surface area contributed by atoms with Crippen molar-refractivity contribution in [3.63, 3.8) is 0 Å². The van der Waals surface area contributed by atoms with Crippen LogP contribution in [-0.4, -0.2) is 26.3 Å². The number of aryl methyl sites for hydroxylation is 2. The summed E-state index contributed by atoms with van der Waals surface area (Å²) >= 11 is 0. The molecule has 1 aliphatic heterocycles.